The van der Waals surface area contributed by atoms with Gasteiger partial charge < -0.3 is 16.8 Å². The molecule has 27 heavy (non-hydrogen) atoms. The second kappa shape index (κ2) is 7.90. The van der Waals surface area contributed by atoms with E-state index >= 15 is 0 Å². The molecule has 140 valence electrons. The standard InChI is InChI=1S/C21H24N4OS/c1-12-9-17(23)13(2)8-16(12)10-18-25-19(20(27-18)21(26)24-3)15-6-4-14(11-22)5-7-15/h4-9H,10-11,22-23H2,1-3H3,(H,24,26). The van der Waals surface area contributed by atoms with Crippen molar-refractivity contribution in [3.8, 4) is 11.3 Å². The van der Waals surface area contributed by atoms with Crippen LogP contribution in [0, 0.1) is 13.8 Å². The van der Waals surface area contributed by atoms with Crippen molar-refractivity contribution in [3.63, 3.8) is 0 Å². The fourth-order valence-electron chi connectivity index (χ4n) is 2.95. The zero-order valence-corrected chi connectivity index (χ0v) is 16.6. The van der Waals surface area contributed by atoms with Crippen LogP contribution >= 0.6 is 11.3 Å². The molecule has 5 nitrogen and oxygen atoms in total. The minimum absolute atomic E-state index is 0.123. The molecule has 0 bridgehead atoms. The first kappa shape index (κ1) is 19.1. The number of carbonyl (C=O) groups excluding carboxylic acids is 1. The number of aromatic nitrogens is 1. The second-order valence-corrected chi connectivity index (χ2v) is 7.66. The molecule has 3 rings (SSSR count). The smallest absolute Gasteiger partial charge is 0.263 e. The minimum atomic E-state index is -0.123. The number of nitrogens with two attached hydrogens (primary N) is 2. The van der Waals surface area contributed by atoms with Gasteiger partial charge in [0.2, 0.25) is 0 Å². The van der Waals surface area contributed by atoms with Gasteiger partial charge >= 0.3 is 0 Å². The van der Waals surface area contributed by atoms with Gasteiger partial charge in [-0.05, 0) is 42.2 Å². The molecule has 0 spiro atoms. The first-order valence-electron chi connectivity index (χ1n) is 8.79. The zero-order valence-electron chi connectivity index (χ0n) is 15.8. The van der Waals surface area contributed by atoms with Crippen LogP contribution in [-0.2, 0) is 13.0 Å². The number of thiazole rings is 1. The maximum absolute atomic E-state index is 12.4. The summed E-state index contributed by atoms with van der Waals surface area (Å²) in [6.07, 6.45) is 0.669. The number of amides is 1. The van der Waals surface area contributed by atoms with Gasteiger partial charge in [0.15, 0.2) is 0 Å². The Morgan fingerprint density at radius 2 is 1.85 bits per heavy atom. The lowest BCUT2D eigenvalue weighted by Crippen LogP contribution is -2.17. The van der Waals surface area contributed by atoms with Crippen LogP contribution in [0.4, 0.5) is 5.69 Å². The predicted molar refractivity (Wildman–Crippen MR) is 112 cm³/mol. The number of carbonyl (C=O) groups is 1. The highest BCUT2D eigenvalue weighted by atomic mass is 32.1. The topological polar surface area (TPSA) is 94.0 Å². The Morgan fingerprint density at radius 3 is 2.48 bits per heavy atom. The largest absolute Gasteiger partial charge is 0.399 e. The molecule has 6 heteroatoms. The third kappa shape index (κ3) is 4.02. The van der Waals surface area contributed by atoms with Crippen LogP contribution in [0.3, 0.4) is 0 Å². The number of rotatable bonds is 5. The molecular formula is C21H24N4OS. The summed E-state index contributed by atoms with van der Waals surface area (Å²) in [7, 11) is 1.64. The van der Waals surface area contributed by atoms with E-state index in [4.69, 9.17) is 16.5 Å². The Labute approximate surface area is 163 Å². The third-order valence-corrected chi connectivity index (χ3v) is 5.69. The van der Waals surface area contributed by atoms with Crippen LogP contribution in [0.1, 0.15) is 36.9 Å². The minimum Gasteiger partial charge on any atom is -0.399 e. The molecule has 1 aromatic heterocycles. The summed E-state index contributed by atoms with van der Waals surface area (Å²) in [6.45, 7) is 4.53. The number of nitrogens with one attached hydrogen (secondary N) is 1. The average Bonchev–Trinajstić information content (AvgIpc) is 3.09. The fourth-order valence-corrected chi connectivity index (χ4v) is 4.01. The van der Waals surface area contributed by atoms with Crippen molar-refractivity contribution >= 4 is 22.9 Å². The lowest BCUT2D eigenvalue weighted by atomic mass is 10.0. The number of anilines is 1. The highest BCUT2D eigenvalue weighted by Crippen LogP contribution is 2.31. The van der Waals surface area contributed by atoms with Crippen LogP contribution in [0.5, 0.6) is 0 Å². The normalized spacial score (nSPS) is 10.8. The van der Waals surface area contributed by atoms with E-state index in [9.17, 15) is 4.79 Å². The number of nitrogens with zero attached hydrogens (tertiary/aromatic N) is 1. The van der Waals surface area contributed by atoms with Gasteiger partial charge in [-0.2, -0.15) is 0 Å². The Balaban J connectivity index is 2.01. The number of hydrogen-bond donors (Lipinski definition) is 3. The molecule has 3 aromatic rings. The van der Waals surface area contributed by atoms with Crippen molar-refractivity contribution in [2.45, 2.75) is 26.8 Å². The third-order valence-electron chi connectivity index (χ3n) is 4.63. The highest BCUT2D eigenvalue weighted by molar-refractivity contribution is 7.14. The van der Waals surface area contributed by atoms with E-state index in [2.05, 4.69) is 11.4 Å². The SMILES string of the molecule is CNC(=O)c1sc(Cc2cc(C)c(N)cc2C)nc1-c1ccc(CN)cc1. The summed E-state index contributed by atoms with van der Waals surface area (Å²) in [5.74, 6) is -0.123. The van der Waals surface area contributed by atoms with Crippen LogP contribution in [0.2, 0.25) is 0 Å². The average molecular weight is 381 g/mol. The summed E-state index contributed by atoms with van der Waals surface area (Å²) in [6, 6.07) is 12.0. The molecule has 0 saturated carbocycles. The molecule has 1 heterocycles. The van der Waals surface area contributed by atoms with Gasteiger partial charge in [-0.15, -0.1) is 11.3 Å². The Morgan fingerprint density at radius 1 is 1.15 bits per heavy atom. The van der Waals surface area contributed by atoms with Gasteiger partial charge in [0, 0.05) is 31.3 Å². The maximum Gasteiger partial charge on any atom is 0.263 e. The highest BCUT2D eigenvalue weighted by Gasteiger charge is 2.19. The molecule has 0 aliphatic carbocycles. The molecule has 1 amide bonds. The van der Waals surface area contributed by atoms with E-state index in [0.29, 0.717) is 23.5 Å². The summed E-state index contributed by atoms with van der Waals surface area (Å²) in [5, 5.41) is 3.62. The first-order valence-corrected chi connectivity index (χ1v) is 9.61. The molecular weight excluding hydrogens is 356 g/mol. The first-order chi connectivity index (χ1) is 12.9. The quantitative estimate of drug-likeness (QED) is 0.591. The monoisotopic (exact) mass is 380 g/mol. The van der Waals surface area contributed by atoms with Crippen molar-refractivity contribution in [3.05, 3.63) is 68.5 Å². The van der Waals surface area contributed by atoms with Crippen LogP contribution in [0.15, 0.2) is 36.4 Å². The van der Waals surface area contributed by atoms with Crippen molar-refractivity contribution in [2.75, 3.05) is 12.8 Å². The number of aryl methyl sites for hydroxylation is 2. The van der Waals surface area contributed by atoms with Crippen LogP contribution in [0.25, 0.3) is 11.3 Å². The lowest BCUT2D eigenvalue weighted by Gasteiger charge is -2.08. The van der Waals surface area contributed by atoms with Crippen molar-refractivity contribution in [1.82, 2.24) is 10.3 Å². The second-order valence-electron chi connectivity index (χ2n) is 6.58. The molecule has 0 radical (unpaired) electrons. The molecule has 0 saturated heterocycles. The Hall–Kier alpha value is -2.70. The van der Waals surface area contributed by atoms with Crippen molar-refractivity contribution < 1.29 is 4.79 Å². The van der Waals surface area contributed by atoms with E-state index in [1.54, 1.807) is 7.05 Å². The van der Waals surface area contributed by atoms with Gasteiger partial charge in [0.05, 0.1) is 10.7 Å². The summed E-state index contributed by atoms with van der Waals surface area (Å²) in [5.41, 5.74) is 18.5. The lowest BCUT2D eigenvalue weighted by molar-refractivity contribution is 0.0967. The van der Waals surface area contributed by atoms with E-state index in [1.807, 2.05) is 44.2 Å². The molecule has 0 aliphatic rings. The number of benzene rings is 2. The van der Waals surface area contributed by atoms with E-state index in [1.165, 1.54) is 16.9 Å². The number of hydrogen-bond acceptors (Lipinski definition) is 5. The van der Waals surface area contributed by atoms with Gasteiger partial charge in [0.1, 0.15) is 4.88 Å². The van der Waals surface area contributed by atoms with Crippen molar-refractivity contribution in [1.29, 1.82) is 0 Å². The summed E-state index contributed by atoms with van der Waals surface area (Å²) < 4.78 is 0. The van der Waals surface area contributed by atoms with Gasteiger partial charge in [0.25, 0.3) is 5.91 Å². The summed E-state index contributed by atoms with van der Waals surface area (Å²) >= 11 is 1.43. The molecule has 0 fully saturated rings. The van der Waals surface area contributed by atoms with Crippen molar-refractivity contribution in [2.24, 2.45) is 5.73 Å². The molecule has 5 N–H and O–H groups in total. The van der Waals surface area contributed by atoms with Crippen LogP contribution in [-0.4, -0.2) is 17.9 Å². The Bertz CT molecular complexity index is 977. The summed E-state index contributed by atoms with van der Waals surface area (Å²) in [4.78, 5) is 17.8. The zero-order chi connectivity index (χ0) is 19.6. The van der Waals surface area contributed by atoms with Crippen LogP contribution < -0.4 is 16.8 Å². The maximum atomic E-state index is 12.4. The fraction of sp³-hybridized carbons (Fsp3) is 0.238. The van der Waals surface area contributed by atoms with E-state index < -0.39 is 0 Å². The van der Waals surface area contributed by atoms with Gasteiger partial charge in [-0.1, -0.05) is 30.3 Å². The molecule has 0 aliphatic heterocycles. The number of nitrogen functional groups attached to an aromatic ring is 1. The predicted octanol–water partition coefficient (Wildman–Crippen LogP) is 3.42. The Kier molecular flexibility index (Phi) is 5.58. The van der Waals surface area contributed by atoms with E-state index in [-0.39, 0.29) is 5.91 Å². The van der Waals surface area contributed by atoms with Gasteiger partial charge in [-0.25, -0.2) is 4.98 Å². The molecule has 0 unspecified atom stereocenters. The van der Waals surface area contributed by atoms with Gasteiger partial charge in [-0.3, -0.25) is 4.79 Å². The molecule has 0 atom stereocenters. The molecule has 2 aromatic carbocycles. The van der Waals surface area contributed by atoms with E-state index in [0.717, 1.165) is 32.9 Å².